The highest BCUT2D eigenvalue weighted by Gasteiger charge is 2.26. The lowest BCUT2D eigenvalue weighted by molar-refractivity contribution is -0.152. The number of hydrogen-bond donors (Lipinski definition) is 0. The normalized spacial score (nSPS) is 12.4. The van der Waals surface area contributed by atoms with Gasteiger partial charge in [-0.25, -0.2) is 13.6 Å². The van der Waals surface area contributed by atoms with Crippen molar-refractivity contribution in [2.45, 2.75) is 13.3 Å². The molecule has 0 amide bonds. The molecule has 0 radical (unpaired) electrons. The molecule has 2 rings (SSSR count). The maximum Gasteiger partial charge on any atom is 0.341 e. The highest BCUT2D eigenvalue weighted by molar-refractivity contribution is 6.36. The molecule has 0 saturated heterocycles. The van der Waals surface area contributed by atoms with Crippen LogP contribution in [-0.2, 0) is 4.79 Å². The fourth-order valence-electron chi connectivity index (χ4n) is 1.60. The van der Waals surface area contributed by atoms with Crippen LogP contribution in [-0.4, -0.2) is 17.1 Å². The quantitative estimate of drug-likeness (QED) is 0.875. The molecular weight excluding hydrogens is 290 g/mol. The fraction of sp³-hybridized carbons (Fsp3) is 0.231. The van der Waals surface area contributed by atoms with E-state index in [4.69, 9.17) is 21.7 Å². The van der Waals surface area contributed by atoms with Crippen molar-refractivity contribution in [3.05, 3.63) is 35.0 Å². The standard InChI is InChI=1S/C13H9ClF2N2O2/c1-7(12(15)16)13(19)20-18-5-4-9-10(18)3-2-8(6-17)11(9)14/h2-5,7,12H,1H3. The van der Waals surface area contributed by atoms with Gasteiger partial charge in [0, 0.05) is 11.6 Å². The van der Waals surface area contributed by atoms with E-state index in [1.807, 2.05) is 6.07 Å². The van der Waals surface area contributed by atoms with Crippen LogP contribution in [0, 0.1) is 17.2 Å². The van der Waals surface area contributed by atoms with Gasteiger partial charge in [-0.2, -0.15) is 9.99 Å². The average molecular weight is 299 g/mol. The van der Waals surface area contributed by atoms with Crippen molar-refractivity contribution in [3.63, 3.8) is 0 Å². The third-order valence-electron chi connectivity index (χ3n) is 2.83. The molecule has 20 heavy (non-hydrogen) atoms. The van der Waals surface area contributed by atoms with E-state index < -0.39 is 18.3 Å². The molecule has 0 spiro atoms. The van der Waals surface area contributed by atoms with Gasteiger partial charge in [-0.1, -0.05) is 11.6 Å². The van der Waals surface area contributed by atoms with Crippen LogP contribution in [0.5, 0.6) is 0 Å². The number of alkyl halides is 2. The summed E-state index contributed by atoms with van der Waals surface area (Å²) in [5.74, 6) is -2.57. The van der Waals surface area contributed by atoms with Crippen LogP contribution in [0.4, 0.5) is 8.78 Å². The third kappa shape index (κ3) is 2.45. The molecule has 2 aromatic rings. The van der Waals surface area contributed by atoms with Gasteiger partial charge >= 0.3 is 5.97 Å². The Morgan fingerprint density at radius 2 is 2.15 bits per heavy atom. The lowest BCUT2D eigenvalue weighted by Crippen LogP contribution is -2.29. The van der Waals surface area contributed by atoms with Crippen molar-refractivity contribution >= 4 is 28.5 Å². The van der Waals surface area contributed by atoms with Gasteiger partial charge in [-0.3, -0.25) is 0 Å². The lowest BCUT2D eigenvalue weighted by Gasteiger charge is -2.11. The molecule has 0 aliphatic carbocycles. The Morgan fingerprint density at radius 3 is 2.75 bits per heavy atom. The van der Waals surface area contributed by atoms with Crippen molar-refractivity contribution in [2.75, 3.05) is 0 Å². The minimum Gasteiger partial charge on any atom is -0.336 e. The predicted molar refractivity (Wildman–Crippen MR) is 68.4 cm³/mol. The molecule has 7 heteroatoms. The van der Waals surface area contributed by atoms with Crippen LogP contribution in [0.1, 0.15) is 12.5 Å². The number of halogens is 3. The van der Waals surface area contributed by atoms with Crippen LogP contribution in [0.25, 0.3) is 10.9 Å². The number of carbonyl (C=O) groups excluding carboxylic acids is 1. The number of aromatic nitrogens is 1. The Balaban J connectivity index is 2.36. The molecule has 1 aromatic carbocycles. The molecule has 1 aromatic heterocycles. The van der Waals surface area contributed by atoms with Crippen LogP contribution in [0.3, 0.4) is 0 Å². The van der Waals surface area contributed by atoms with Crippen LogP contribution in [0.2, 0.25) is 5.02 Å². The van der Waals surface area contributed by atoms with Crippen molar-refractivity contribution in [3.8, 4) is 6.07 Å². The first-order valence-electron chi connectivity index (χ1n) is 5.65. The predicted octanol–water partition coefficient (Wildman–Crippen LogP) is 3.02. The Kier molecular flexibility index (Phi) is 3.91. The SMILES string of the molecule is CC(C(=O)On1ccc2c(Cl)c(C#N)ccc21)C(F)F. The van der Waals surface area contributed by atoms with E-state index >= 15 is 0 Å². The van der Waals surface area contributed by atoms with Crippen molar-refractivity contribution < 1.29 is 18.4 Å². The molecule has 0 bridgehead atoms. The van der Waals surface area contributed by atoms with E-state index in [2.05, 4.69) is 0 Å². The van der Waals surface area contributed by atoms with Crippen molar-refractivity contribution in [1.29, 1.82) is 5.26 Å². The second kappa shape index (κ2) is 5.47. The van der Waals surface area contributed by atoms with E-state index in [-0.39, 0.29) is 10.6 Å². The average Bonchev–Trinajstić information content (AvgIpc) is 2.82. The highest BCUT2D eigenvalue weighted by atomic mass is 35.5. The molecule has 104 valence electrons. The summed E-state index contributed by atoms with van der Waals surface area (Å²) in [6.45, 7) is 1.08. The Hall–Kier alpha value is -2.13. The first-order valence-corrected chi connectivity index (χ1v) is 6.03. The van der Waals surface area contributed by atoms with Gasteiger partial charge in [-0.15, -0.1) is 0 Å². The second-order valence-corrected chi connectivity index (χ2v) is 4.52. The molecule has 0 aliphatic rings. The van der Waals surface area contributed by atoms with Crippen LogP contribution >= 0.6 is 11.6 Å². The Labute approximate surface area is 118 Å². The number of rotatable bonds is 3. The van der Waals surface area contributed by atoms with E-state index in [1.165, 1.54) is 18.3 Å². The smallest absolute Gasteiger partial charge is 0.336 e. The first-order chi connectivity index (χ1) is 9.45. The van der Waals surface area contributed by atoms with Gasteiger partial charge in [0.05, 0.1) is 16.1 Å². The molecule has 0 N–H and O–H groups in total. The summed E-state index contributed by atoms with van der Waals surface area (Å²) in [5.41, 5.74) is 0.702. The first kappa shape index (κ1) is 14.3. The summed E-state index contributed by atoms with van der Waals surface area (Å²) in [6, 6.07) is 6.45. The van der Waals surface area contributed by atoms with Gasteiger partial charge in [0.1, 0.15) is 12.0 Å². The molecule has 1 heterocycles. The topological polar surface area (TPSA) is 55.0 Å². The minimum atomic E-state index is -2.79. The van der Waals surface area contributed by atoms with Crippen molar-refractivity contribution in [2.24, 2.45) is 5.92 Å². The largest absolute Gasteiger partial charge is 0.341 e. The molecule has 0 fully saturated rings. The summed E-state index contributed by atoms with van der Waals surface area (Å²) >= 11 is 6.01. The molecule has 4 nitrogen and oxygen atoms in total. The van der Waals surface area contributed by atoms with Gasteiger partial charge in [0.15, 0.2) is 0 Å². The summed E-state index contributed by atoms with van der Waals surface area (Å²) in [4.78, 5) is 16.4. The van der Waals surface area contributed by atoms with E-state index in [0.29, 0.717) is 10.9 Å². The number of benzene rings is 1. The fourth-order valence-corrected chi connectivity index (χ4v) is 1.87. The zero-order valence-corrected chi connectivity index (χ0v) is 11.1. The van der Waals surface area contributed by atoms with E-state index in [1.54, 1.807) is 6.07 Å². The monoisotopic (exact) mass is 298 g/mol. The summed E-state index contributed by atoms with van der Waals surface area (Å²) in [5, 5.41) is 9.58. The lowest BCUT2D eigenvalue weighted by atomic mass is 10.2. The zero-order chi connectivity index (χ0) is 14.9. The second-order valence-electron chi connectivity index (χ2n) is 4.15. The third-order valence-corrected chi connectivity index (χ3v) is 3.24. The number of carbonyl (C=O) groups is 1. The summed E-state index contributed by atoms with van der Waals surface area (Å²) < 4.78 is 25.9. The molecule has 1 atom stereocenters. The number of hydrogen-bond acceptors (Lipinski definition) is 3. The zero-order valence-electron chi connectivity index (χ0n) is 10.3. The molecule has 0 saturated carbocycles. The van der Waals surface area contributed by atoms with Crippen molar-refractivity contribution in [1.82, 2.24) is 4.73 Å². The Bertz CT molecular complexity index is 706. The summed E-state index contributed by atoms with van der Waals surface area (Å²) in [7, 11) is 0. The highest BCUT2D eigenvalue weighted by Crippen LogP contribution is 2.27. The molecular formula is C13H9ClF2N2O2. The minimum absolute atomic E-state index is 0.224. The maximum atomic E-state index is 12.4. The number of fused-ring (bicyclic) bond motifs is 1. The molecule has 0 aliphatic heterocycles. The van der Waals surface area contributed by atoms with E-state index in [0.717, 1.165) is 11.7 Å². The van der Waals surface area contributed by atoms with Gasteiger partial charge in [0.25, 0.3) is 6.43 Å². The summed E-state index contributed by atoms with van der Waals surface area (Å²) in [6.07, 6.45) is -1.41. The van der Waals surface area contributed by atoms with Gasteiger partial charge in [0.2, 0.25) is 0 Å². The van der Waals surface area contributed by atoms with Crippen LogP contribution in [0.15, 0.2) is 24.4 Å². The van der Waals surface area contributed by atoms with Gasteiger partial charge in [-0.05, 0) is 25.1 Å². The van der Waals surface area contributed by atoms with E-state index in [9.17, 15) is 13.6 Å². The maximum absolute atomic E-state index is 12.4. The van der Waals surface area contributed by atoms with Crippen LogP contribution < -0.4 is 4.84 Å². The molecule has 1 unspecified atom stereocenters. The van der Waals surface area contributed by atoms with Gasteiger partial charge < -0.3 is 4.84 Å². The Morgan fingerprint density at radius 1 is 1.45 bits per heavy atom. The number of nitriles is 1. The number of nitrogens with zero attached hydrogens (tertiary/aromatic N) is 2.